The van der Waals surface area contributed by atoms with Crippen LogP contribution in [0.1, 0.15) is 34.6 Å². The Bertz CT molecular complexity index is 360. The van der Waals surface area contributed by atoms with E-state index in [2.05, 4.69) is 4.40 Å². The smallest absolute Gasteiger partial charge is 0.277 e. The predicted molar refractivity (Wildman–Crippen MR) is 55.8 cm³/mol. The molecule has 0 amide bonds. The number of nitrogens with zero attached hydrogens (tertiary/aromatic N) is 1. The summed E-state index contributed by atoms with van der Waals surface area (Å²) in [6.07, 6.45) is 0. The van der Waals surface area contributed by atoms with Gasteiger partial charge in [0, 0.05) is 5.41 Å². The molecule has 0 N–H and O–H groups in total. The zero-order valence-electron chi connectivity index (χ0n) is 9.29. The Hall–Kier alpha value is -0.420. The molecule has 0 aromatic heterocycles. The highest BCUT2D eigenvalue weighted by Gasteiger charge is 2.40. The molecule has 0 radical (unpaired) electrons. The molecule has 0 atom stereocenters. The van der Waals surface area contributed by atoms with Crippen molar-refractivity contribution in [3.05, 3.63) is 0 Å². The summed E-state index contributed by atoms with van der Waals surface area (Å²) < 4.78 is 31.7. The van der Waals surface area contributed by atoms with Crippen molar-refractivity contribution in [2.45, 2.75) is 40.2 Å². The highest BCUT2D eigenvalue weighted by Crippen LogP contribution is 2.31. The van der Waals surface area contributed by atoms with Crippen LogP contribution >= 0.6 is 0 Å². The summed E-state index contributed by atoms with van der Waals surface area (Å²) in [5.41, 5.74) is -0.308. The van der Waals surface area contributed by atoms with E-state index in [-0.39, 0.29) is 11.4 Å². The van der Waals surface area contributed by atoms with Crippen LogP contribution in [0.5, 0.6) is 0 Å². The molecular weight excluding hydrogens is 202 g/mol. The van der Waals surface area contributed by atoms with Gasteiger partial charge in [0.25, 0.3) is 10.0 Å². The molecule has 0 bridgehead atoms. The minimum Gasteiger partial charge on any atom is -0.352 e. The van der Waals surface area contributed by atoms with Gasteiger partial charge in [0.15, 0.2) is 5.94 Å². The monoisotopic (exact) mass is 219 g/mol. The number of sulfonamides is 1. The van der Waals surface area contributed by atoms with Gasteiger partial charge < -0.3 is 4.74 Å². The Morgan fingerprint density at radius 3 is 2.21 bits per heavy atom. The van der Waals surface area contributed by atoms with Gasteiger partial charge in [-0.25, -0.2) is 8.42 Å². The van der Waals surface area contributed by atoms with Crippen molar-refractivity contribution in [2.75, 3.05) is 5.94 Å². The van der Waals surface area contributed by atoms with Crippen molar-refractivity contribution < 1.29 is 13.2 Å². The Kier molecular flexibility index (Phi) is 2.53. The van der Waals surface area contributed by atoms with E-state index in [0.29, 0.717) is 5.71 Å². The van der Waals surface area contributed by atoms with Crippen LogP contribution in [0.4, 0.5) is 0 Å². The standard InChI is InChI=1S/C9H17NO3S/c1-8(2,3)7-9(4,5)13-6-14(11,12)10-7/h6H2,1-5H3. The summed E-state index contributed by atoms with van der Waals surface area (Å²) in [7, 11) is -3.42. The summed E-state index contributed by atoms with van der Waals surface area (Å²) >= 11 is 0. The Morgan fingerprint density at radius 1 is 1.36 bits per heavy atom. The first kappa shape index (κ1) is 11.7. The normalized spacial score (nSPS) is 25.6. The number of ether oxygens (including phenoxy) is 1. The number of hydrogen-bond donors (Lipinski definition) is 0. The van der Waals surface area contributed by atoms with Gasteiger partial charge in [0.2, 0.25) is 0 Å². The first-order valence-corrected chi connectivity index (χ1v) is 6.13. The maximum Gasteiger partial charge on any atom is 0.277 e. The van der Waals surface area contributed by atoms with Crippen LogP contribution in [0.3, 0.4) is 0 Å². The topological polar surface area (TPSA) is 55.7 Å². The highest BCUT2D eigenvalue weighted by atomic mass is 32.2. The molecule has 0 fully saturated rings. The molecule has 1 rings (SSSR count). The highest BCUT2D eigenvalue weighted by molar-refractivity contribution is 7.90. The van der Waals surface area contributed by atoms with Gasteiger partial charge in [-0.05, 0) is 13.8 Å². The molecule has 14 heavy (non-hydrogen) atoms. The zero-order valence-corrected chi connectivity index (χ0v) is 10.1. The van der Waals surface area contributed by atoms with Crippen LogP contribution < -0.4 is 0 Å². The van der Waals surface area contributed by atoms with E-state index >= 15 is 0 Å². The van der Waals surface area contributed by atoms with Crippen LogP contribution in [0.25, 0.3) is 0 Å². The third-order valence-electron chi connectivity index (χ3n) is 2.08. The zero-order chi connectivity index (χ0) is 11.2. The molecule has 0 aromatic rings. The molecule has 5 heteroatoms. The van der Waals surface area contributed by atoms with Gasteiger partial charge in [-0.3, -0.25) is 0 Å². The van der Waals surface area contributed by atoms with E-state index in [4.69, 9.17) is 4.74 Å². The second kappa shape index (κ2) is 3.03. The molecular formula is C9H17NO3S. The van der Waals surface area contributed by atoms with Crippen LogP contribution in [0.2, 0.25) is 0 Å². The SMILES string of the molecule is CC(C)(C)C1=NS(=O)(=O)COC1(C)C. The van der Waals surface area contributed by atoms with E-state index in [9.17, 15) is 8.42 Å². The van der Waals surface area contributed by atoms with Crippen molar-refractivity contribution in [1.82, 2.24) is 0 Å². The summed E-state index contributed by atoms with van der Waals surface area (Å²) in [5.74, 6) is -0.320. The molecule has 0 aliphatic carbocycles. The number of rotatable bonds is 0. The molecule has 0 aromatic carbocycles. The minimum atomic E-state index is -3.42. The predicted octanol–water partition coefficient (Wildman–Crippen LogP) is 1.57. The number of hydrogen-bond acceptors (Lipinski definition) is 3. The Labute approximate surface area is 85.4 Å². The largest absolute Gasteiger partial charge is 0.352 e. The third kappa shape index (κ3) is 2.33. The van der Waals surface area contributed by atoms with Gasteiger partial charge in [-0.1, -0.05) is 20.8 Å². The van der Waals surface area contributed by atoms with Crippen LogP contribution in [0.15, 0.2) is 4.40 Å². The average molecular weight is 219 g/mol. The summed E-state index contributed by atoms with van der Waals surface area (Å²) in [4.78, 5) is 0. The second-order valence-corrected chi connectivity index (χ2v) is 6.63. The van der Waals surface area contributed by atoms with Crippen LogP contribution in [0, 0.1) is 5.41 Å². The van der Waals surface area contributed by atoms with Crippen LogP contribution in [-0.4, -0.2) is 25.7 Å². The first-order chi connectivity index (χ1) is 6.05. The van der Waals surface area contributed by atoms with Crippen molar-refractivity contribution in [1.29, 1.82) is 0 Å². The fourth-order valence-corrected chi connectivity index (χ4v) is 2.87. The lowest BCUT2D eigenvalue weighted by molar-refractivity contribution is 0.0561. The molecule has 0 saturated heterocycles. The van der Waals surface area contributed by atoms with Crippen molar-refractivity contribution >= 4 is 15.7 Å². The molecule has 4 nitrogen and oxygen atoms in total. The lowest BCUT2D eigenvalue weighted by Gasteiger charge is -2.36. The second-order valence-electron chi connectivity index (χ2n) is 5.04. The van der Waals surface area contributed by atoms with Gasteiger partial charge in [-0.15, -0.1) is 0 Å². The maximum atomic E-state index is 11.3. The quantitative estimate of drug-likeness (QED) is 0.621. The molecule has 1 aliphatic heterocycles. The Balaban J connectivity index is 3.28. The van der Waals surface area contributed by atoms with Crippen molar-refractivity contribution in [3.63, 3.8) is 0 Å². The van der Waals surface area contributed by atoms with E-state index < -0.39 is 15.6 Å². The Morgan fingerprint density at radius 2 is 1.86 bits per heavy atom. The maximum absolute atomic E-state index is 11.3. The molecule has 0 spiro atoms. The van der Waals surface area contributed by atoms with Crippen molar-refractivity contribution in [2.24, 2.45) is 9.81 Å². The minimum absolute atomic E-state index is 0.295. The molecule has 0 unspecified atom stereocenters. The summed E-state index contributed by atoms with van der Waals surface area (Å²) in [6, 6.07) is 0. The fourth-order valence-electron chi connectivity index (χ4n) is 1.61. The van der Waals surface area contributed by atoms with Gasteiger partial charge in [0.05, 0.1) is 5.71 Å². The van der Waals surface area contributed by atoms with E-state index in [1.54, 1.807) is 0 Å². The van der Waals surface area contributed by atoms with E-state index in [0.717, 1.165) is 0 Å². The van der Waals surface area contributed by atoms with Gasteiger partial charge >= 0.3 is 0 Å². The molecule has 0 saturated carbocycles. The van der Waals surface area contributed by atoms with Gasteiger partial charge in [0.1, 0.15) is 5.60 Å². The first-order valence-electron chi connectivity index (χ1n) is 4.52. The fraction of sp³-hybridized carbons (Fsp3) is 0.889. The van der Waals surface area contributed by atoms with Crippen LogP contribution in [-0.2, 0) is 14.8 Å². The molecule has 1 heterocycles. The lowest BCUT2D eigenvalue weighted by Crippen LogP contribution is -2.47. The average Bonchev–Trinajstić information content (AvgIpc) is 1.93. The molecule has 1 aliphatic rings. The lowest BCUT2D eigenvalue weighted by atomic mass is 9.81. The van der Waals surface area contributed by atoms with E-state index in [1.807, 2.05) is 34.6 Å². The molecule has 82 valence electrons. The summed E-state index contributed by atoms with van der Waals surface area (Å²) in [5, 5.41) is 0. The third-order valence-corrected chi connectivity index (χ3v) is 2.96. The summed E-state index contributed by atoms with van der Waals surface area (Å²) in [6.45, 7) is 9.46. The van der Waals surface area contributed by atoms with Crippen molar-refractivity contribution in [3.8, 4) is 0 Å². The van der Waals surface area contributed by atoms with Gasteiger partial charge in [-0.2, -0.15) is 4.40 Å². The van der Waals surface area contributed by atoms with E-state index in [1.165, 1.54) is 0 Å².